The Hall–Kier alpha value is -2.35. The zero-order chi connectivity index (χ0) is 22.2. The summed E-state index contributed by atoms with van der Waals surface area (Å²) in [4.78, 5) is 12.5. The molecule has 2 aliphatic rings. The molecule has 1 aliphatic carbocycles. The summed E-state index contributed by atoms with van der Waals surface area (Å²) in [6.07, 6.45) is 8.21. The van der Waals surface area contributed by atoms with Crippen molar-refractivity contribution >= 4 is 28.8 Å². The van der Waals surface area contributed by atoms with Crippen LogP contribution in [-0.4, -0.2) is 46.9 Å². The van der Waals surface area contributed by atoms with Crippen molar-refractivity contribution in [1.82, 2.24) is 9.97 Å². The van der Waals surface area contributed by atoms with Crippen molar-refractivity contribution in [2.75, 3.05) is 31.2 Å². The van der Waals surface area contributed by atoms with Gasteiger partial charge in [0, 0.05) is 42.3 Å². The Bertz CT molecular complexity index is 987. The molecule has 1 saturated carbocycles. The fraction of sp³-hybridized carbons (Fsp3) is 0.440. The van der Waals surface area contributed by atoms with Crippen molar-refractivity contribution in [2.24, 2.45) is 0 Å². The van der Waals surface area contributed by atoms with Crippen molar-refractivity contribution in [3.8, 4) is 5.88 Å². The molecule has 6 nitrogen and oxygen atoms in total. The first kappa shape index (κ1) is 22.8. The van der Waals surface area contributed by atoms with E-state index in [1.165, 1.54) is 24.8 Å². The van der Waals surface area contributed by atoms with Crippen molar-refractivity contribution in [3.05, 3.63) is 54.2 Å². The summed E-state index contributed by atoms with van der Waals surface area (Å²) < 4.78 is 20.3. The first-order valence-corrected chi connectivity index (χ1v) is 12.1. The molecule has 3 aromatic rings. The van der Waals surface area contributed by atoms with Crippen molar-refractivity contribution in [1.29, 1.82) is 0 Å². The van der Waals surface area contributed by atoms with Crippen molar-refractivity contribution in [2.45, 2.75) is 50.0 Å². The average molecular weight is 454 g/mol. The summed E-state index contributed by atoms with van der Waals surface area (Å²) in [6.45, 7) is 5.26. The van der Waals surface area contributed by atoms with Crippen LogP contribution in [0.2, 0.25) is 0 Å². The second-order valence-electron chi connectivity index (χ2n) is 8.24. The number of anilines is 1. The zero-order valence-corrected chi connectivity index (χ0v) is 19.4. The van der Waals surface area contributed by atoms with Crippen LogP contribution in [-0.2, 0) is 4.74 Å². The van der Waals surface area contributed by atoms with Crippen molar-refractivity contribution in [3.63, 3.8) is 0 Å². The largest absolute Gasteiger partial charge is 0.474 e. The SMILES string of the molecule is Cc1ccc(SO)cc1.c1cnc2cc(N3CCOCC3)nc(OC3CCCCC3)c2c1. The van der Waals surface area contributed by atoms with Gasteiger partial charge in [-0.25, -0.2) is 0 Å². The Morgan fingerprint density at radius 3 is 2.53 bits per heavy atom. The Labute approximate surface area is 194 Å². The number of fused-ring (bicyclic) bond motifs is 1. The van der Waals surface area contributed by atoms with Crippen LogP contribution >= 0.6 is 12.0 Å². The molecule has 0 unspecified atom stereocenters. The van der Waals surface area contributed by atoms with Gasteiger partial charge in [-0.3, -0.25) is 4.98 Å². The molecule has 1 saturated heterocycles. The van der Waals surface area contributed by atoms with Gasteiger partial charge in [-0.15, -0.1) is 0 Å². The van der Waals surface area contributed by atoms with Crippen LogP contribution in [0, 0.1) is 6.92 Å². The molecule has 0 bridgehead atoms. The maximum absolute atomic E-state index is 8.55. The minimum absolute atomic E-state index is 0.291. The summed E-state index contributed by atoms with van der Waals surface area (Å²) >= 11 is 0.777. The molecule has 32 heavy (non-hydrogen) atoms. The van der Waals surface area contributed by atoms with E-state index in [1.807, 2.05) is 43.5 Å². The molecule has 0 spiro atoms. The van der Waals surface area contributed by atoms with Gasteiger partial charge in [0.2, 0.25) is 5.88 Å². The van der Waals surface area contributed by atoms with Gasteiger partial charge >= 0.3 is 0 Å². The number of aryl methyl sites for hydroxylation is 1. The number of rotatable bonds is 4. The molecule has 5 rings (SSSR count). The minimum atomic E-state index is 0.291. The second kappa shape index (κ2) is 11.5. The molecule has 1 N–H and O–H groups in total. The van der Waals surface area contributed by atoms with E-state index in [2.05, 4.69) is 22.0 Å². The Balaban J connectivity index is 0.000000230. The topological polar surface area (TPSA) is 67.7 Å². The molecule has 3 heterocycles. The van der Waals surface area contributed by atoms with Crippen LogP contribution in [0.3, 0.4) is 0 Å². The summed E-state index contributed by atoms with van der Waals surface area (Å²) in [5.74, 6) is 1.69. The van der Waals surface area contributed by atoms with E-state index in [0.717, 1.165) is 78.7 Å². The highest BCUT2D eigenvalue weighted by Gasteiger charge is 2.20. The normalized spacial score (nSPS) is 17.0. The molecular formula is C25H31N3O3S. The standard InChI is InChI=1S/C18H23N3O2.C7H8OS/c1-2-5-14(6-3-1)23-18-15-7-4-8-19-16(15)13-17(20-18)21-9-11-22-12-10-21;1-6-2-4-7(9-8)5-3-6/h4,7-8,13-14H,1-3,5-6,9-12H2;2-5,8H,1H3. The first-order valence-electron chi connectivity index (χ1n) is 11.4. The smallest absolute Gasteiger partial charge is 0.225 e. The molecule has 0 atom stereocenters. The number of ether oxygens (including phenoxy) is 2. The van der Waals surface area contributed by atoms with E-state index in [9.17, 15) is 0 Å². The third-order valence-electron chi connectivity index (χ3n) is 5.84. The molecule has 0 amide bonds. The van der Waals surface area contributed by atoms with E-state index in [1.54, 1.807) is 0 Å². The third-order valence-corrected chi connectivity index (χ3v) is 6.33. The molecule has 2 aromatic heterocycles. The lowest BCUT2D eigenvalue weighted by molar-refractivity contribution is 0.122. The molecule has 2 fully saturated rings. The number of pyridine rings is 2. The Morgan fingerprint density at radius 2 is 1.81 bits per heavy atom. The lowest BCUT2D eigenvalue weighted by Gasteiger charge is -2.29. The van der Waals surface area contributed by atoms with Crippen LogP contribution < -0.4 is 9.64 Å². The first-order chi connectivity index (χ1) is 15.7. The van der Waals surface area contributed by atoms with Crippen LogP contribution in [0.4, 0.5) is 5.82 Å². The average Bonchev–Trinajstić information content (AvgIpc) is 2.86. The highest BCUT2D eigenvalue weighted by atomic mass is 32.2. The number of nitrogens with zero attached hydrogens (tertiary/aromatic N) is 3. The van der Waals surface area contributed by atoms with Gasteiger partial charge in [-0.05, 0) is 56.9 Å². The highest BCUT2D eigenvalue weighted by molar-refractivity contribution is 7.93. The fourth-order valence-electron chi connectivity index (χ4n) is 4.02. The third kappa shape index (κ3) is 6.12. The van der Waals surface area contributed by atoms with Gasteiger partial charge in [-0.1, -0.05) is 24.1 Å². The second-order valence-corrected chi connectivity index (χ2v) is 8.89. The maximum atomic E-state index is 8.55. The molecule has 7 heteroatoms. The van der Waals surface area contributed by atoms with Gasteiger partial charge in [-0.2, -0.15) is 4.98 Å². The fourth-order valence-corrected chi connectivity index (χ4v) is 4.27. The predicted octanol–water partition coefficient (Wildman–Crippen LogP) is 5.74. The Kier molecular flexibility index (Phi) is 8.20. The number of hydrogen-bond donors (Lipinski definition) is 1. The van der Waals surface area contributed by atoms with E-state index >= 15 is 0 Å². The number of aromatic nitrogens is 2. The summed E-state index contributed by atoms with van der Waals surface area (Å²) in [6, 6.07) is 13.8. The van der Waals surface area contributed by atoms with E-state index in [0.29, 0.717) is 6.10 Å². The Morgan fingerprint density at radius 1 is 1.06 bits per heavy atom. The van der Waals surface area contributed by atoms with Crippen LogP contribution in [0.5, 0.6) is 5.88 Å². The maximum Gasteiger partial charge on any atom is 0.225 e. The molecule has 0 radical (unpaired) electrons. The quantitative estimate of drug-likeness (QED) is 0.505. The van der Waals surface area contributed by atoms with E-state index < -0.39 is 0 Å². The zero-order valence-electron chi connectivity index (χ0n) is 18.6. The molecule has 1 aliphatic heterocycles. The van der Waals surface area contributed by atoms with Crippen molar-refractivity contribution < 1.29 is 14.0 Å². The number of benzene rings is 1. The number of hydrogen-bond acceptors (Lipinski definition) is 7. The summed E-state index contributed by atoms with van der Waals surface area (Å²) in [7, 11) is 0. The lowest BCUT2D eigenvalue weighted by atomic mass is 9.98. The predicted molar refractivity (Wildman–Crippen MR) is 130 cm³/mol. The summed E-state index contributed by atoms with van der Waals surface area (Å²) in [5, 5.41) is 1.01. The van der Waals surface area contributed by atoms with Gasteiger partial charge in [0.15, 0.2) is 0 Å². The molecule has 170 valence electrons. The monoisotopic (exact) mass is 453 g/mol. The summed E-state index contributed by atoms with van der Waals surface area (Å²) in [5.41, 5.74) is 2.17. The van der Waals surface area contributed by atoms with Crippen LogP contribution in [0.15, 0.2) is 53.6 Å². The van der Waals surface area contributed by atoms with Gasteiger partial charge in [0.05, 0.1) is 24.1 Å². The van der Waals surface area contributed by atoms with Gasteiger partial charge in [0.25, 0.3) is 0 Å². The molecular weight excluding hydrogens is 422 g/mol. The van der Waals surface area contributed by atoms with Gasteiger partial charge in [0.1, 0.15) is 11.9 Å². The lowest BCUT2D eigenvalue weighted by Crippen LogP contribution is -2.36. The minimum Gasteiger partial charge on any atom is -0.474 e. The van der Waals surface area contributed by atoms with Crippen LogP contribution in [0.1, 0.15) is 37.7 Å². The number of morpholine rings is 1. The van der Waals surface area contributed by atoms with E-state index in [4.69, 9.17) is 19.0 Å². The highest BCUT2D eigenvalue weighted by Crippen LogP contribution is 2.30. The molecule has 1 aromatic carbocycles. The van der Waals surface area contributed by atoms with Crippen LogP contribution in [0.25, 0.3) is 10.9 Å². The van der Waals surface area contributed by atoms with Gasteiger partial charge < -0.3 is 18.9 Å². The van der Waals surface area contributed by atoms with E-state index in [-0.39, 0.29) is 0 Å².